The Morgan fingerprint density at radius 3 is 2.42 bits per heavy atom. The van der Waals surface area contributed by atoms with E-state index < -0.39 is 8.32 Å². The lowest BCUT2D eigenvalue weighted by molar-refractivity contribution is -0.118. The molecule has 0 spiro atoms. The number of thioether (sulfide) groups is 1. The molecule has 0 aromatic heterocycles. The molecule has 0 bridgehead atoms. The molecule has 36 heavy (non-hydrogen) atoms. The summed E-state index contributed by atoms with van der Waals surface area (Å²) >= 11 is 7.33. The zero-order valence-corrected chi connectivity index (χ0v) is 24.5. The van der Waals surface area contributed by atoms with Crippen LogP contribution in [0.5, 0.6) is 5.75 Å². The van der Waals surface area contributed by atoms with Crippen LogP contribution in [0.3, 0.4) is 0 Å². The maximum atomic E-state index is 11.8. The van der Waals surface area contributed by atoms with Crippen LogP contribution in [-0.4, -0.2) is 43.9 Å². The average Bonchev–Trinajstić information content (AvgIpc) is 3.11. The summed E-state index contributed by atoms with van der Waals surface area (Å²) in [6.45, 7) is 14.5. The minimum absolute atomic E-state index is 0.0963. The summed E-state index contributed by atoms with van der Waals surface area (Å²) < 4.78 is 12.8. The molecule has 0 radical (unpaired) electrons. The fraction of sp³-hybridized carbons (Fsp3) is 0.481. The van der Waals surface area contributed by atoms with Gasteiger partial charge in [-0.05, 0) is 66.9 Å². The number of carbonyl (C=O) groups excluding carboxylic acids is 2. The van der Waals surface area contributed by atoms with Crippen LogP contribution < -0.4 is 15.4 Å². The first-order valence-electron chi connectivity index (χ1n) is 12.2. The van der Waals surface area contributed by atoms with E-state index in [0.717, 1.165) is 28.6 Å². The van der Waals surface area contributed by atoms with Gasteiger partial charge in [0.1, 0.15) is 12.4 Å². The van der Waals surface area contributed by atoms with Gasteiger partial charge in [0.2, 0.25) is 5.91 Å². The highest BCUT2D eigenvalue weighted by Crippen LogP contribution is 2.40. The van der Waals surface area contributed by atoms with Gasteiger partial charge in [-0.3, -0.25) is 14.9 Å². The lowest BCUT2D eigenvalue weighted by atomic mass is 10.1. The maximum absolute atomic E-state index is 11.8. The fourth-order valence-corrected chi connectivity index (χ4v) is 5.86. The van der Waals surface area contributed by atoms with E-state index in [1.165, 1.54) is 0 Å². The van der Waals surface area contributed by atoms with E-state index in [9.17, 15) is 9.59 Å². The largest absolute Gasteiger partial charge is 0.492 e. The van der Waals surface area contributed by atoms with Crippen LogP contribution in [0.4, 0.5) is 4.79 Å². The van der Waals surface area contributed by atoms with Crippen LogP contribution in [0.25, 0.3) is 0 Å². The van der Waals surface area contributed by atoms with Gasteiger partial charge in [0.05, 0.1) is 11.4 Å². The van der Waals surface area contributed by atoms with E-state index in [1.54, 1.807) is 0 Å². The Kier molecular flexibility index (Phi) is 9.68. The number of ether oxygens (including phenoxy) is 1. The van der Waals surface area contributed by atoms with Gasteiger partial charge < -0.3 is 14.5 Å². The van der Waals surface area contributed by atoms with E-state index in [1.807, 2.05) is 42.5 Å². The minimum atomic E-state index is -2.00. The Morgan fingerprint density at radius 1 is 1.14 bits per heavy atom. The van der Waals surface area contributed by atoms with Gasteiger partial charge in [0, 0.05) is 17.6 Å². The number of amides is 2. The Balaban J connectivity index is 1.54. The number of halogens is 1. The predicted molar refractivity (Wildman–Crippen MR) is 150 cm³/mol. The van der Waals surface area contributed by atoms with Crippen LogP contribution >= 0.6 is 23.4 Å². The highest BCUT2D eigenvalue weighted by atomic mass is 35.5. The van der Waals surface area contributed by atoms with Crippen LogP contribution in [-0.2, 0) is 15.6 Å². The summed E-state index contributed by atoms with van der Waals surface area (Å²) in [7, 11) is -2.00. The molecule has 2 aromatic carbocycles. The summed E-state index contributed by atoms with van der Waals surface area (Å²) in [5, 5.41) is 6.04. The second kappa shape index (κ2) is 12.1. The summed E-state index contributed by atoms with van der Waals surface area (Å²) in [5.41, 5.74) is 2.06. The Labute approximate surface area is 225 Å². The van der Waals surface area contributed by atoms with Crippen molar-refractivity contribution in [1.29, 1.82) is 0 Å². The van der Waals surface area contributed by atoms with E-state index in [4.69, 9.17) is 20.8 Å². The van der Waals surface area contributed by atoms with Gasteiger partial charge in [0.15, 0.2) is 8.32 Å². The summed E-state index contributed by atoms with van der Waals surface area (Å²) in [5.74, 6) is 0.537. The molecule has 1 aliphatic heterocycles. The molecule has 1 saturated heterocycles. The number of hydrogen-bond acceptors (Lipinski definition) is 6. The van der Waals surface area contributed by atoms with E-state index in [0.29, 0.717) is 24.6 Å². The summed E-state index contributed by atoms with van der Waals surface area (Å²) in [6.07, 6.45) is 0.406. The molecule has 3 rings (SSSR count). The second-order valence-corrected chi connectivity index (χ2v) is 17.1. The first kappa shape index (κ1) is 28.7. The van der Waals surface area contributed by atoms with Crippen LogP contribution in [0.1, 0.15) is 44.9 Å². The quantitative estimate of drug-likeness (QED) is 0.318. The molecule has 0 aliphatic carbocycles. The third-order valence-corrected chi connectivity index (χ3v) is 12.4. The van der Waals surface area contributed by atoms with E-state index >= 15 is 0 Å². The Hall–Kier alpha value is -1.84. The first-order valence-corrected chi connectivity index (χ1v) is 16.4. The lowest BCUT2D eigenvalue weighted by Crippen LogP contribution is -2.44. The molecule has 1 unspecified atom stereocenters. The molecule has 1 fully saturated rings. The van der Waals surface area contributed by atoms with Crippen LogP contribution in [0.15, 0.2) is 48.5 Å². The topological polar surface area (TPSA) is 76.7 Å². The van der Waals surface area contributed by atoms with Crippen molar-refractivity contribution in [3.05, 3.63) is 64.7 Å². The molecule has 2 N–H and O–H groups in total. The molecule has 2 amide bonds. The van der Waals surface area contributed by atoms with Gasteiger partial charge in [-0.15, -0.1) is 0 Å². The Morgan fingerprint density at radius 2 is 1.83 bits per heavy atom. The molecular formula is C27H37ClN2O4SSi. The molecule has 0 saturated carbocycles. The van der Waals surface area contributed by atoms with Gasteiger partial charge in [-0.1, -0.05) is 68.4 Å². The number of imide groups is 1. The molecule has 1 aliphatic rings. The van der Waals surface area contributed by atoms with Crippen molar-refractivity contribution in [3.63, 3.8) is 0 Å². The van der Waals surface area contributed by atoms with Crippen molar-refractivity contribution in [2.45, 2.75) is 69.6 Å². The van der Waals surface area contributed by atoms with Gasteiger partial charge in [-0.2, -0.15) is 0 Å². The van der Waals surface area contributed by atoms with Crippen LogP contribution in [0.2, 0.25) is 23.2 Å². The number of hydrogen-bond donors (Lipinski definition) is 2. The van der Waals surface area contributed by atoms with E-state index in [-0.39, 0.29) is 33.6 Å². The second-order valence-electron chi connectivity index (χ2n) is 10.8. The molecule has 2 aromatic rings. The Bertz CT molecular complexity index is 1060. The lowest BCUT2D eigenvalue weighted by Gasteiger charge is -2.39. The monoisotopic (exact) mass is 548 g/mol. The zero-order chi connectivity index (χ0) is 26.5. The molecule has 9 heteroatoms. The molecular weight excluding hydrogens is 512 g/mol. The third-order valence-electron chi connectivity index (χ3n) is 6.73. The predicted octanol–water partition coefficient (Wildman–Crippen LogP) is 6.35. The van der Waals surface area contributed by atoms with Gasteiger partial charge in [0.25, 0.3) is 5.24 Å². The molecule has 1 heterocycles. The van der Waals surface area contributed by atoms with Crippen molar-refractivity contribution >= 4 is 42.8 Å². The zero-order valence-electron chi connectivity index (χ0n) is 21.9. The highest BCUT2D eigenvalue weighted by Gasteiger charge is 2.39. The van der Waals surface area contributed by atoms with Crippen molar-refractivity contribution in [3.8, 4) is 5.75 Å². The van der Waals surface area contributed by atoms with Crippen molar-refractivity contribution in [1.82, 2.24) is 10.6 Å². The average molecular weight is 549 g/mol. The third kappa shape index (κ3) is 8.08. The molecule has 3 atom stereocenters. The first-order chi connectivity index (χ1) is 16.8. The van der Waals surface area contributed by atoms with Crippen LogP contribution in [0, 0.1) is 0 Å². The smallest absolute Gasteiger partial charge is 0.286 e. The normalized spacial score (nSPS) is 18.1. The molecule has 196 valence electrons. The van der Waals surface area contributed by atoms with E-state index in [2.05, 4.69) is 57.5 Å². The fourth-order valence-electron chi connectivity index (χ4n) is 3.52. The molecule has 6 nitrogen and oxygen atoms in total. The minimum Gasteiger partial charge on any atom is -0.492 e. The summed E-state index contributed by atoms with van der Waals surface area (Å²) in [6, 6.07) is 15.7. The maximum Gasteiger partial charge on any atom is 0.286 e. The van der Waals surface area contributed by atoms with Gasteiger partial charge in [-0.25, -0.2) is 0 Å². The van der Waals surface area contributed by atoms with Crippen molar-refractivity contribution in [2.75, 3.05) is 13.2 Å². The van der Waals surface area contributed by atoms with Crippen molar-refractivity contribution in [2.24, 2.45) is 0 Å². The van der Waals surface area contributed by atoms with Crippen molar-refractivity contribution < 1.29 is 18.8 Å². The number of nitrogens with one attached hydrogen (secondary N) is 2. The standard InChI is InChI=1S/C27H37ClN2O4SSi/c1-18(17-33-22-12-10-19(11-13-22)14-24-25(31)30-26(32)35-24)29-16-23(20-8-7-9-21(28)15-20)34-36(5,6)27(2,3)4/h7-13,15,18,23-24,29H,14,16-17H2,1-6H3,(H,30,31,32)/t18-,23+,24?/m1/s1. The number of rotatable bonds is 11. The number of benzene rings is 2. The summed E-state index contributed by atoms with van der Waals surface area (Å²) in [4.78, 5) is 23.1. The van der Waals surface area contributed by atoms with Gasteiger partial charge >= 0.3 is 0 Å². The highest BCUT2D eigenvalue weighted by molar-refractivity contribution is 8.15. The number of carbonyl (C=O) groups is 2. The SMILES string of the molecule is C[C@H](COc1ccc(CC2SC(=O)NC2=O)cc1)NC[C@H](O[Si](C)(C)C(C)(C)C)c1cccc(Cl)c1.